The Balaban J connectivity index is 2.66. The van der Waals surface area contributed by atoms with Crippen molar-refractivity contribution in [2.24, 2.45) is 0 Å². The number of hydrogen-bond acceptors (Lipinski definition) is 4. The van der Waals surface area contributed by atoms with Gasteiger partial charge in [-0.2, -0.15) is 0 Å². The van der Waals surface area contributed by atoms with Crippen LogP contribution in [-0.4, -0.2) is 25.2 Å². The third-order valence-electron chi connectivity index (χ3n) is 3.14. The summed E-state index contributed by atoms with van der Waals surface area (Å²) in [6.07, 6.45) is 3.67. The molecular weight excluding hydrogens is 268 g/mol. The number of carbonyl (C=O) groups is 2. The zero-order valence-corrected chi connectivity index (χ0v) is 13.1. The van der Waals surface area contributed by atoms with E-state index in [4.69, 9.17) is 9.47 Å². The van der Waals surface area contributed by atoms with Gasteiger partial charge in [0.1, 0.15) is 0 Å². The predicted octanol–water partition coefficient (Wildman–Crippen LogP) is 3.91. The number of carbonyl (C=O) groups excluding carboxylic acids is 2. The predicted molar refractivity (Wildman–Crippen MR) is 81.6 cm³/mol. The summed E-state index contributed by atoms with van der Waals surface area (Å²) in [5.74, 6) is -0.690. The molecule has 4 heteroatoms. The highest BCUT2D eigenvalue weighted by molar-refractivity contribution is 5.94. The molecule has 0 saturated heterocycles. The lowest BCUT2D eigenvalue weighted by atomic mass is 10.1. The number of benzene rings is 1. The lowest BCUT2D eigenvalue weighted by Gasteiger charge is -2.09. The molecule has 0 aliphatic rings. The monoisotopic (exact) mass is 292 g/mol. The fraction of sp³-hybridized carbons (Fsp3) is 0.529. The Hall–Kier alpha value is -1.84. The summed E-state index contributed by atoms with van der Waals surface area (Å²) in [5.41, 5.74) is 1.69. The molecule has 0 heterocycles. The van der Waals surface area contributed by atoms with Gasteiger partial charge in [0.25, 0.3) is 0 Å². The van der Waals surface area contributed by atoms with E-state index in [-0.39, 0.29) is 11.9 Å². The van der Waals surface area contributed by atoms with E-state index in [9.17, 15) is 9.59 Å². The molecule has 0 spiro atoms. The second-order valence-electron chi connectivity index (χ2n) is 5.01. The van der Waals surface area contributed by atoms with Gasteiger partial charge in [0.05, 0.1) is 24.3 Å². The smallest absolute Gasteiger partial charge is 0.338 e. The van der Waals surface area contributed by atoms with Crippen molar-refractivity contribution in [2.75, 3.05) is 13.2 Å². The second-order valence-corrected chi connectivity index (χ2v) is 5.01. The van der Waals surface area contributed by atoms with Crippen molar-refractivity contribution in [2.45, 2.75) is 46.5 Å². The minimum absolute atomic E-state index is 0.341. The first-order chi connectivity index (χ1) is 10.1. The summed E-state index contributed by atoms with van der Waals surface area (Å²) in [4.78, 5) is 23.7. The highest BCUT2D eigenvalue weighted by Crippen LogP contribution is 2.14. The average Bonchev–Trinajstić information content (AvgIpc) is 2.47. The highest BCUT2D eigenvalue weighted by Gasteiger charge is 2.14. The Labute approximate surface area is 126 Å². The Morgan fingerprint density at radius 1 is 0.952 bits per heavy atom. The number of unbranched alkanes of at least 4 members (excludes halogenated alkanes) is 2. The fourth-order valence-electron chi connectivity index (χ4n) is 1.80. The van der Waals surface area contributed by atoms with Crippen LogP contribution in [0.4, 0.5) is 0 Å². The van der Waals surface area contributed by atoms with Crippen molar-refractivity contribution in [1.82, 2.24) is 0 Å². The van der Waals surface area contributed by atoms with Gasteiger partial charge in [0.15, 0.2) is 0 Å². The normalized spacial score (nSPS) is 10.2. The molecule has 0 fully saturated rings. The summed E-state index contributed by atoms with van der Waals surface area (Å²) in [6.45, 7) is 6.72. The second kappa shape index (κ2) is 9.16. The lowest BCUT2D eigenvalue weighted by Crippen LogP contribution is -2.11. The average molecular weight is 292 g/mol. The van der Waals surface area contributed by atoms with E-state index in [0.29, 0.717) is 24.3 Å². The van der Waals surface area contributed by atoms with Gasteiger partial charge in [0, 0.05) is 0 Å². The third kappa shape index (κ3) is 5.58. The van der Waals surface area contributed by atoms with Crippen LogP contribution in [0.25, 0.3) is 0 Å². The van der Waals surface area contributed by atoms with Crippen LogP contribution in [0, 0.1) is 6.92 Å². The molecule has 1 rings (SSSR count). The number of ether oxygens (including phenoxy) is 2. The first-order valence-corrected chi connectivity index (χ1v) is 7.55. The van der Waals surface area contributed by atoms with Crippen molar-refractivity contribution in [3.63, 3.8) is 0 Å². The van der Waals surface area contributed by atoms with Gasteiger partial charge < -0.3 is 9.47 Å². The molecule has 4 nitrogen and oxygen atoms in total. The maximum Gasteiger partial charge on any atom is 0.338 e. The van der Waals surface area contributed by atoms with E-state index in [2.05, 4.69) is 0 Å². The topological polar surface area (TPSA) is 52.6 Å². The molecule has 0 amide bonds. The SMILES string of the molecule is CCCCOC(=O)c1ccc(C(=O)OCCCC)c(C)c1. The largest absolute Gasteiger partial charge is 0.462 e. The van der Waals surface area contributed by atoms with Crippen LogP contribution in [0.5, 0.6) is 0 Å². The first-order valence-electron chi connectivity index (χ1n) is 7.55. The van der Waals surface area contributed by atoms with Gasteiger partial charge in [-0.15, -0.1) is 0 Å². The minimum Gasteiger partial charge on any atom is -0.462 e. The molecular formula is C17H24O4. The molecule has 1 aromatic carbocycles. The van der Waals surface area contributed by atoms with Crippen LogP contribution in [-0.2, 0) is 9.47 Å². The standard InChI is InChI=1S/C17H24O4/c1-4-6-10-20-16(18)14-8-9-15(13(3)12-14)17(19)21-11-7-5-2/h8-9,12H,4-7,10-11H2,1-3H3. The zero-order valence-electron chi connectivity index (χ0n) is 13.1. The zero-order chi connectivity index (χ0) is 15.7. The highest BCUT2D eigenvalue weighted by atomic mass is 16.5. The Morgan fingerprint density at radius 3 is 2.05 bits per heavy atom. The molecule has 0 aromatic heterocycles. The lowest BCUT2D eigenvalue weighted by molar-refractivity contribution is 0.0484. The van der Waals surface area contributed by atoms with Crippen molar-refractivity contribution in [1.29, 1.82) is 0 Å². The van der Waals surface area contributed by atoms with Crippen LogP contribution in [0.15, 0.2) is 18.2 Å². The molecule has 0 N–H and O–H groups in total. The van der Waals surface area contributed by atoms with E-state index in [0.717, 1.165) is 31.2 Å². The maximum absolute atomic E-state index is 11.9. The van der Waals surface area contributed by atoms with E-state index in [1.807, 2.05) is 13.8 Å². The molecule has 0 aliphatic carbocycles. The summed E-state index contributed by atoms with van der Waals surface area (Å²) >= 11 is 0. The first kappa shape index (κ1) is 17.2. The van der Waals surface area contributed by atoms with Crippen LogP contribution in [0.1, 0.15) is 65.8 Å². The molecule has 116 valence electrons. The van der Waals surface area contributed by atoms with E-state index < -0.39 is 0 Å². The van der Waals surface area contributed by atoms with Crippen LogP contribution in [0.2, 0.25) is 0 Å². The van der Waals surface area contributed by atoms with Crippen LogP contribution < -0.4 is 0 Å². The van der Waals surface area contributed by atoms with E-state index in [1.165, 1.54) is 0 Å². The number of rotatable bonds is 8. The minimum atomic E-state index is -0.350. The Morgan fingerprint density at radius 2 is 1.52 bits per heavy atom. The number of esters is 2. The van der Waals surface area contributed by atoms with Crippen molar-refractivity contribution in [3.8, 4) is 0 Å². The number of aryl methyl sites for hydroxylation is 1. The summed E-state index contributed by atoms with van der Waals surface area (Å²) < 4.78 is 10.3. The van der Waals surface area contributed by atoms with E-state index >= 15 is 0 Å². The van der Waals surface area contributed by atoms with Gasteiger partial charge in [0.2, 0.25) is 0 Å². The van der Waals surface area contributed by atoms with Gasteiger partial charge in [-0.1, -0.05) is 26.7 Å². The van der Waals surface area contributed by atoms with Crippen molar-refractivity contribution in [3.05, 3.63) is 34.9 Å². The van der Waals surface area contributed by atoms with Gasteiger partial charge in [-0.05, 0) is 43.5 Å². The van der Waals surface area contributed by atoms with Crippen molar-refractivity contribution >= 4 is 11.9 Å². The van der Waals surface area contributed by atoms with Crippen LogP contribution >= 0.6 is 0 Å². The number of hydrogen-bond donors (Lipinski definition) is 0. The Bertz CT molecular complexity index is 480. The maximum atomic E-state index is 11.9. The molecule has 21 heavy (non-hydrogen) atoms. The molecule has 0 aliphatic heterocycles. The summed E-state index contributed by atoms with van der Waals surface area (Å²) in [5, 5.41) is 0. The third-order valence-corrected chi connectivity index (χ3v) is 3.14. The van der Waals surface area contributed by atoms with Gasteiger partial charge >= 0.3 is 11.9 Å². The fourth-order valence-corrected chi connectivity index (χ4v) is 1.80. The molecule has 0 atom stereocenters. The molecule has 1 aromatic rings. The molecule has 0 radical (unpaired) electrons. The molecule has 0 bridgehead atoms. The summed E-state index contributed by atoms with van der Waals surface area (Å²) in [6, 6.07) is 4.91. The molecule has 0 unspecified atom stereocenters. The van der Waals surface area contributed by atoms with E-state index in [1.54, 1.807) is 25.1 Å². The van der Waals surface area contributed by atoms with Crippen LogP contribution in [0.3, 0.4) is 0 Å². The van der Waals surface area contributed by atoms with Gasteiger partial charge in [-0.25, -0.2) is 9.59 Å². The quantitative estimate of drug-likeness (QED) is 0.538. The molecule has 0 saturated carbocycles. The van der Waals surface area contributed by atoms with Gasteiger partial charge in [-0.3, -0.25) is 0 Å². The Kier molecular flexibility index (Phi) is 7.51. The summed E-state index contributed by atoms with van der Waals surface area (Å²) in [7, 11) is 0. The van der Waals surface area contributed by atoms with Crippen molar-refractivity contribution < 1.29 is 19.1 Å².